The van der Waals surface area contributed by atoms with Crippen LogP contribution in [0.3, 0.4) is 0 Å². The number of aromatic nitrogens is 2. The third-order valence-corrected chi connectivity index (χ3v) is 2.96. The van der Waals surface area contributed by atoms with Crippen molar-refractivity contribution in [2.45, 2.75) is 0 Å². The number of fused-ring (bicyclic) bond motifs is 1. The Labute approximate surface area is 88.1 Å². The maximum absolute atomic E-state index is 5.84. The average molecular weight is 290 g/mol. The average Bonchev–Trinajstić information content (AvgIpc) is 2.07. The minimum absolute atomic E-state index is 0.538. The minimum Gasteiger partial charge on any atom is -0.262 e. The first-order valence-electron chi connectivity index (χ1n) is 3.33. The van der Waals surface area contributed by atoms with E-state index >= 15 is 0 Å². The lowest BCUT2D eigenvalue weighted by Crippen LogP contribution is -1.84. The minimum atomic E-state index is 0.538. The summed E-state index contributed by atoms with van der Waals surface area (Å²) in [7, 11) is 0. The van der Waals surface area contributed by atoms with Crippen LogP contribution in [0.5, 0.6) is 0 Å². The molecule has 0 amide bonds. The summed E-state index contributed by atoms with van der Waals surface area (Å²) in [6.07, 6.45) is 3.45. The first kappa shape index (κ1) is 8.19. The summed E-state index contributed by atoms with van der Waals surface area (Å²) in [6.45, 7) is 0. The van der Waals surface area contributed by atoms with E-state index in [1.54, 1.807) is 12.4 Å². The van der Waals surface area contributed by atoms with Gasteiger partial charge < -0.3 is 0 Å². The van der Waals surface area contributed by atoms with Gasteiger partial charge in [0.2, 0.25) is 0 Å². The van der Waals surface area contributed by atoms with Gasteiger partial charge in [0.15, 0.2) is 0 Å². The van der Waals surface area contributed by atoms with Gasteiger partial charge in [0, 0.05) is 11.6 Å². The molecule has 0 aliphatic carbocycles. The molecule has 2 nitrogen and oxygen atoms in total. The molecule has 2 aromatic rings. The maximum Gasteiger partial charge on any atom is 0.143 e. The Morgan fingerprint density at radius 3 is 3.08 bits per heavy atom. The molecule has 0 atom stereocenters. The fourth-order valence-corrected chi connectivity index (χ4v) is 1.57. The number of halogens is 2. The van der Waals surface area contributed by atoms with Crippen molar-refractivity contribution in [3.63, 3.8) is 0 Å². The van der Waals surface area contributed by atoms with Crippen LogP contribution in [-0.2, 0) is 0 Å². The van der Waals surface area contributed by atoms with Crippen molar-refractivity contribution in [2.24, 2.45) is 0 Å². The van der Waals surface area contributed by atoms with Crippen LogP contribution in [0.15, 0.2) is 24.5 Å². The molecule has 2 heterocycles. The van der Waals surface area contributed by atoms with E-state index in [-0.39, 0.29) is 0 Å². The molecular weight excluding hydrogens is 286 g/mol. The third-order valence-electron chi connectivity index (χ3n) is 1.53. The molecule has 2 aromatic heterocycles. The zero-order chi connectivity index (χ0) is 8.55. The van der Waals surface area contributed by atoms with Crippen LogP contribution >= 0.6 is 34.2 Å². The topological polar surface area (TPSA) is 25.8 Å². The highest BCUT2D eigenvalue weighted by atomic mass is 127. The van der Waals surface area contributed by atoms with E-state index < -0.39 is 0 Å². The van der Waals surface area contributed by atoms with Crippen LogP contribution in [0.25, 0.3) is 10.9 Å². The van der Waals surface area contributed by atoms with Gasteiger partial charge >= 0.3 is 0 Å². The molecular formula is C8H4ClIN2. The third kappa shape index (κ3) is 1.38. The summed E-state index contributed by atoms with van der Waals surface area (Å²) in [6, 6.07) is 3.91. The van der Waals surface area contributed by atoms with Crippen molar-refractivity contribution in [1.82, 2.24) is 9.97 Å². The Bertz CT molecular complexity index is 390. The van der Waals surface area contributed by atoms with E-state index in [1.807, 2.05) is 12.1 Å². The summed E-state index contributed by atoms with van der Waals surface area (Å²) in [4.78, 5) is 8.13. The second-order valence-corrected chi connectivity index (χ2v) is 3.85. The number of pyridine rings is 2. The van der Waals surface area contributed by atoms with E-state index in [0.29, 0.717) is 5.15 Å². The van der Waals surface area contributed by atoms with E-state index in [1.165, 1.54) is 0 Å². The van der Waals surface area contributed by atoms with Gasteiger partial charge in [-0.25, -0.2) is 4.98 Å². The first-order chi connectivity index (χ1) is 5.77. The molecule has 0 N–H and O–H groups in total. The lowest BCUT2D eigenvalue weighted by atomic mass is 10.3. The Kier molecular flexibility index (Phi) is 2.14. The summed E-state index contributed by atoms with van der Waals surface area (Å²) in [5.41, 5.74) is 0.836. The number of hydrogen-bond acceptors (Lipinski definition) is 2. The number of rotatable bonds is 0. The highest BCUT2D eigenvalue weighted by molar-refractivity contribution is 14.1. The molecule has 0 radical (unpaired) electrons. The Balaban J connectivity index is 2.84. The van der Waals surface area contributed by atoms with Crippen LogP contribution in [0.4, 0.5) is 0 Å². The summed E-state index contributed by atoms with van der Waals surface area (Å²) < 4.78 is 0.966. The lowest BCUT2D eigenvalue weighted by molar-refractivity contribution is 1.30. The highest BCUT2D eigenvalue weighted by Crippen LogP contribution is 2.20. The van der Waals surface area contributed by atoms with E-state index in [2.05, 4.69) is 32.6 Å². The summed E-state index contributed by atoms with van der Waals surface area (Å²) in [5, 5.41) is 1.61. The molecule has 0 aliphatic heterocycles. The largest absolute Gasteiger partial charge is 0.262 e. The lowest BCUT2D eigenvalue weighted by Gasteiger charge is -1.98. The fourth-order valence-electron chi connectivity index (χ4n) is 0.968. The van der Waals surface area contributed by atoms with E-state index in [9.17, 15) is 0 Å². The van der Waals surface area contributed by atoms with Crippen molar-refractivity contribution < 1.29 is 0 Å². The molecule has 0 fully saturated rings. The monoisotopic (exact) mass is 290 g/mol. The summed E-state index contributed by atoms with van der Waals surface area (Å²) >= 11 is 8.00. The molecule has 0 unspecified atom stereocenters. The van der Waals surface area contributed by atoms with Crippen LogP contribution < -0.4 is 0 Å². The fraction of sp³-hybridized carbons (Fsp3) is 0. The van der Waals surface area contributed by atoms with Gasteiger partial charge in [0.25, 0.3) is 0 Å². The zero-order valence-corrected chi connectivity index (χ0v) is 8.87. The molecule has 0 bridgehead atoms. The Morgan fingerprint density at radius 2 is 2.25 bits per heavy atom. The first-order valence-corrected chi connectivity index (χ1v) is 4.79. The van der Waals surface area contributed by atoms with Crippen molar-refractivity contribution >= 4 is 45.1 Å². The van der Waals surface area contributed by atoms with E-state index in [0.717, 1.165) is 14.5 Å². The normalized spacial score (nSPS) is 10.5. The van der Waals surface area contributed by atoms with Crippen molar-refractivity contribution in [3.8, 4) is 0 Å². The van der Waals surface area contributed by atoms with Crippen molar-refractivity contribution in [3.05, 3.63) is 33.2 Å². The van der Waals surface area contributed by atoms with Crippen LogP contribution in [0.2, 0.25) is 5.15 Å². The molecule has 0 aliphatic rings. The molecule has 12 heavy (non-hydrogen) atoms. The van der Waals surface area contributed by atoms with Gasteiger partial charge in [-0.05, 0) is 34.7 Å². The molecule has 2 rings (SSSR count). The van der Waals surface area contributed by atoms with E-state index in [4.69, 9.17) is 11.6 Å². The Hall–Kier alpha value is -0.420. The quantitative estimate of drug-likeness (QED) is 0.551. The van der Waals surface area contributed by atoms with Gasteiger partial charge in [0.05, 0.1) is 15.3 Å². The summed E-state index contributed by atoms with van der Waals surface area (Å²) in [5.74, 6) is 0. The predicted molar refractivity (Wildman–Crippen MR) is 57.3 cm³/mol. The maximum atomic E-state index is 5.84. The van der Waals surface area contributed by atoms with Crippen LogP contribution in [0.1, 0.15) is 0 Å². The second kappa shape index (κ2) is 3.14. The molecule has 0 aromatic carbocycles. The Morgan fingerprint density at radius 1 is 1.42 bits per heavy atom. The van der Waals surface area contributed by atoms with Crippen molar-refractivity contribution in [2.75, 3.05) is 0 Å². The molecule has 60 valence electrons. The smallest absolute Gasteiger partial charge is 0.143 e. The van der Waals surface area contributed by atoms with Gasteiger partial charge in [0.1, 0.15) is 5.15 Å². The standard InChI is InChI=1S/C8H4ClIN2/c9-8-6(10)3-5-1-2-11-4-7(5)12-8/h1-4H. The highest BCUT2D eigenvalue weighted by Gasteiger charge is 2.00. The van der Waals surface area contributed by atoms with Crippen molar-refractivity contribution in [1.29, 1.82) is 0 Å². The molecule has 0 saturated carbocycles. The number of nitrogens with zero attached hydrogens (tertiary/aromatic N) is 2. The van der Waals surface area contributed by atoms with Gasteiger partial charge in [-0.3, -0.25) is 4.98 Å². The van der Waals surface area contributed by atoms with Gasteiger partial charge in [-0.2, -0.15) is 0 Å². The molecule has 0 spiro atoms. The predicted octanol–water partition coefficient (Wildman–Crippen LogP) is 2.89. The zero-order valence-electron chi connectivity index (χ0n) is 5.96. The van der Waals surface area contributed by atoms with Crippen LogP contribution in [0, 0.1) is 3.57 Å². The van der Waals surface area contributed by atoms with Gasteiger partial charge in [-0.1, -0.05) is 11.6 Å². The molecule has 4 heteroatoms. The van der Waals surface area contributed by atoms with Gasteiger partial charge in [-0.15, -0.1) is 0 Å². The molecule has 0 saturated heterocycles. The second-order valence-electron chi connectivity index (χ2n) is 2.33. The number of hydrogen-bond donors (Lipinski definition) is 0. The van der Waals surface area contributed by atoms with Crippen LogP contribution in [-0.4, -0.2) is 9.97 Å². The SMILES string of the molecule is Clc1nc2cnccc2cc1I.